The fourth-order valence-electron chi connectivity index (χ4n) is 11.8. The van der Waals surface area contributed by atoms with E-state index in [4.69, 9.17) is 0 Å². The summed E-state index contributed by atoms with van der Waals surface area (Å²) in [6.07, 6.45) is 7.56. The van der Waals surface area contributed by atoms with Crippen LogP contribution in [0.2, 0.25) is 0 Å². The third-order valence-corrected chi connectivity index (χ3v) is 34.9. The predicted molar refractivity (Wildman–Crippen MR) is 443 cm³/mol. The van der Waals surface area contributed by atoms with E-state index in [1.807, 2.05) is 60.7 Å². The zero-order valence-corrected chi connectivity index (χ0v) is 64.4. The van der Waals surface area contributed by atoms with Crippen molar-refractivity contribution in [2.75, 3.05) is 37.0 Å². The van der Waals surface area contributed by atoms with Crippen LogP contribution in [-0.2, 0) is 40.8 Å². The Morgan fingerprint density at radius 3 is 0.296 bits per heavy atom. The summed E-state index contributed by atoms with van der Waals surface area (Å²) in [4.78, 5) is 0. The van der Waals surface area contributed by atoms with Crippen LogP contribution in [0.25, 0.3) is 0 Å². The van der Waals surface area contributed by atoms with Gasteiger partial charge in [0.25, 0.3) is 0 Å². The van der Waals surface area contributed by atoms with Crippen molar-refractivity contribution in [2.45, 2.75) is 0 Å². The molecule has 0 aliphatic carbocycles. The van der Waals surface area contributed by atoms with Crippen LogP contribution in [0.4, 0.5) is 0 Å². The van der Waals surface area contributed by atoms with Gasteiger partial charge in [-0.05, 0) is 146 Å². The largest absolute Gasteiger partial charge is 2.00 e. The molecule has 0 heterocycles. The van der Waals surface area contributed by atoms with Gasteiger partial charge in [-0.25, -0.2) is 0 Å². The summed E-state index contributed by atoms with van der Waals surface area (Å²) in [5.41, 5.74) is 0. The van der Waals surface area contributed by atoms with Gasteiger partial charge in [0.05, 0.1) is 111 Å². The third kappa shape index (κ3) is 25.6. The first-order valence-corrected chi connectivity index (χ1v) is 43.6. The summed E-state index contributed by atoms with van der Waals surface area (Å²) in [5, 5.41) is 18.2. The standard InChI is InChI=1S/3C26H24P2.2C6H5.2Pd/c3*1-5-13-23(14-6-1)27(24-15-7-2-8-16-24)21-22-28(25-17-9-3-10-18-25)26-19-11-4-12-20-26;2*1-2-4-6-5-3-1;;/h3*1-20H,21-22H2;2*1-5H;;/q;;;2*-1;2*+2/p+6. The van der Waals surface area contributed by atoms with E-state index in [2.05, 4.69) is 376 Å². The van der Waals surface area contributed by atoms with Gasteiger partial charge in [-0.15, -0.1) is 0 Å². The van der Waals surface area contributed by atoms with Gasteiger partial charge < -0.3 is 0 Å². The minimum absolute atomic E-state index is 0. The Labute approximate surface area is 620 Å². The minimum atomic E-state index is -0.783. The first-order valence-electron chi connectivity index (χ1n) is 33.4. The van der Waals surface area contributed by atoms with Crippen LogP contribution in [0.5, 0.6) is 0 Å². The maximum Gasteiger partial charge on any atom is 2.00 e. The zero-order valence-electron chi connectivity index (χ0n) is 55.3. The SMILES string of the molecule is [Pd+2].[Pd+2].[c-]1ccccc1.[c-]1ccccc1.c1ccc([PH+](CC[PH+](c2ccccc2)c2ccccc2)c2ccccc2)cc1.c1ccc([PH+](CC[PH+](c2ccccc2)c2ccccc2)c2ccccc2)cc1.c1ccc([PH+](CC[PH+](c2ccccc2)c2ccccc2)c2ccccc2)cc1. The first-order chi connectivity index (χ1) is 47.7. The summed E-state index contributed by atoms with van der Waals surface area (Å²) < 4.78 is 0. The van der Waals surface area contributed by atoms with Crippen molar-refractivity contribution < 1.29 is 40.8 Å². The minimum Gasteiger partial charge on any atom is -0.184 e. The van der Waals surface area contributed by atoms with Crippen LogP contribution in [0.1, 0.15) is 0 Å². The third-order valence-electron chi connectivity index (χ3n) is 16.6. The molecule has 0 atom stereocenters. The van der Waals surface area contributed by atoms with E-state index in [0.717, 1.165) is 0 Å². The molecule has 98 heavy (non-hydrogen) atoms. The summed E-state index contributed by atoms with van der Waals surface area (Å²) in [5.74, 6) is 0. The van der Waals surface area contributed by atoms with E-state index in [0.29, 0.717) is 0 Å². The number of rotatable bonds is 21. The Morgan fingerprint density at radius 1 is 0.133 bits per heavy atom. The van der Waals surface area contributed by atoms with E-state index < -0.39 is 47.5 Å². The molecule has 14 aromatic rings. The van der Waals surface area contributed by atoms with E-state index >= 15 is 0 Å². The zero-order chi connectivity index (χ0) is 65.5. The molecule has 0 amide bonds. The van der Waals surface area contributed by atoms with Gasteiger partial charge >= 0.3 is 40.8 Å². The molecule has 490 valence electrons. The first kappa shape index (κ1) is 76.7. The predicted octanol–water partition coefficient (Wildman–Crippen LogP) is 17.1. The average molecular weight is 1570 g/mol. The van der Waals surface area contributed by atoms with Crippen molar-refractivity contribution in [3.8, 4) is 0 Å². The van der Waals surface area contributed by atoms with Gasteiger partial charge in [0.1, 0.15) is 37.0 Å². The molecule has 0 spiro atoms. The van der Waals surface area contributed by atoms with Gasteiger partial charge in [-0.1, -0.05) is 218 Å². The van der Waals surface area contributed by atoms with Crippen LogP contribution >= 0.6 is 47.5 Å². The van der Waals surface area contributed by atoms with Crippen molar-refractivity contribution in [1.82, 2.24) is 0 Å². The van der Waals surface area contributed by atoms with Crippen molar-refractivity contribution in [3.05, 3.63) is 437 Å². The van der Waals surface area contributed by atoms with Crippen molar-refractivity contribution in [3.63, 3.8) is 0 Å². The van der Waals surface area contributed by atoms with Crippen molar-refractivity contribution in [2.24, 2.45) is 0 Å². The van der Waals surface area contributed by atoms with E-state index in [1.165, 1.54) is 101 Å². The fraction of sp³-hybridized carbons (Fsp3) is 0.0667. The molecule has 0 N–H and O–H groups in total. The Bertz CT molecular complexity index is 3250. The van der Waals surface area contributed by atoms with Gasteiger partial charge in [0, 0.05) is 0 Å². The topological polar surface area (TPSA) is 0 Å². The Hall–Kier alpha value is -7.02. The summed E-state index contributed by atoms with van der Waals surface area (Å²) in [7, 11) is -4.70. The van der Waals surface area contributed by atoms with Crippen LogP contribution in [0, 0.1) is 12.1 Å². The van der Waals surface area contributed by atoms with Gasteiger partial charge in [-0.3, -0.25) is 0 Å². The molecule has 0 aliphatic heterocycles. The number of hydrogen-bond donors (Lipinski definition) is 0. The van der Waals surface area contributed by atoms with E-state index in [9.17, 15) is 0 Å². The van der Waals surface area contributed by atoms with Crippen LogP contribution in [0.3, 0.4) is 0 Å². The number of hydrogen-bond acceptors (Lipinski definition) is 0. The van der Waals surface area contributed by atoms with Crippen LogP contribution in [-0.4, -0.2) is 37.0 Å². The maximum absolute atomic E-state index is 2.89. The number of benzene rings is 14. The molecule has 0 nitrogen and oxygen atoms in total. The van der Waals surface area contributed by atoms with Crippen LogP contribution in [0.15, 0.2) is 425 Å². The van der Waals surface area contributed by atoms with Gasteiger partial charge in [0.2, 0.25) is 0 Å². The maximum atomic E-state index is 2.89. The molecule has 0 saturated carbocycles. The Morgan fingerprint density at radius 2 is 0.224 bits per heavy atom. The summed E-state index contributed by atoms with van der Waals surface area (Å²) in [6, 6.07) is 159. The van der Waals surface area contributed by atoms with E-state index in [1.54, 1.807) is 0 Å². The Kier molecular flexibility index (Phi) is 35.7. The normalized spacial score (nSPS) is 10.5. The van der Waals surface area contributed by atoms with Gasteiger partial charge in [-0.2, -0.15) is 72.8 Å². The molecule has 0 saturated heterocycles. The van der Waals surface area contributed by atoms with Crippen LogP contribution < -0.4 is 63.7 Å². The monoisotopic (exact) mass is 1570 g/mol. The molecule has 8 heteroatoms. The van der Waals surface area contributed by atoms with Crippen molar-refractivity contribution in [1.29, 1.82) is 0 Å². The Balaban J connectivity index is 0.000000170. The van der Waals surface area contributed by atoms with E-state index in [-0.39, 0.29) is 40.8 Å². The molecule has 14 aromatic carbocycles. The van der Waals surface area contributed by atoms with Gasteiger partial charge in [0.15, 0.2) is 0 Å². The molecule has 0 bridgehead atoms. The van der Waals surface area contributed by atoms with Crippen molar-refractivity contribution >= 4 is 111 Å². The average Bonchev–Trinajstić information content (AvgIpc) is 0.895. The molecule has 0 unspecified atom stereocenters. The quantitative estimate of drug-likeness (QED) is 0.0382. The molecule has 0 radical (unpaired) electrons. The molecular formula is C90H88P6Pd2+8. The molecule has 0 fully saturated rings. The smallest absolute Gasteiger partial charge is 0.184 e. The molecule has 0 aromatic heterocycles. The molecule has 14 rings (SSSR count). The second kappa shape index (κ2) is 45.6. The molecular weight excluding hydrogens is 1480 g/mol. The fourth-order valence-corrected chi connectivity index (χ4v) is 30.4. The second-order valence-corrected chi connectivity index (χ2v) is 38.6. The summed E-state index contributed by atoms with van der Waals surface area (Å²) >= 11 is 0. The molecule has 0 aliphatic rings. The second-order valence-electron chi connectivity index (χ2n) is 22.9. The summed E-state index contributed by atoms with van der Waals surface area (Å²) in [6.45, 7) is 0.